The second-order valence-corrected chi connectivity index (χ2v) is 6.94. The van der Waals surface area contributed by atoms with Crippen molar-refractivity contribution in [3.8, 4) is 0 Å². The maximum Gasteiger partial charge on any atom is 0.240 e. The van der Waals surface area contributed by atoms with Crippen LogP contribution in [0.1, 0.15) is 31.2 Å². The van der Waals surface area contributed by atoms with Crippen LogP contribution in [0, 0.1) is 5.92 Å². The Morgan fingerprint density at radius 1 is 1.16 bits per heavy atom. The van der Waals surface area contributed by atoms with Crippen LogP contribution in [-0.2, 0) is 16.6 Å². The minimum Gasteiger partial charge on any atom is -0.316 e. The molecule has 2 N–H and O–H groups in total. The molecule has 106 valence electrons. The van der Waals surface area contributed by atoms with E-state index < -0.39 is 10.0 Å². The normalized spacial score (nSPS) is 16.9. The van der Waals surface area contributed by atoms with Gasteiger partial charge in [0.15, 0.2) is 0 Å². The molecule has 19 heavy (non-hydrogen) atoms. The summed E-state index contributed by atoms with van der Waals surface area (Å²) in [5.74, 6) is 0.512. The first-order valence-corrected chi connectivity index (χ1v) is 8.33. The Hall–Kier alpha value is -0.910. The molecule has 0 aromatic heterocycles. The Balaban J connectivity index is 1.97. The molecule has 1 fully saturated rings. The van der Waals surface area contributed by atoms with E-state index in [9.17, 15) is 8.42 Å². The zero-order chi connectivity index (χ0) is 13.7. The Bertz CT molecular complexity index is 491. The maximum absolute atomic E-state index is 12.1. The molecule has 0 bridgehead atoms. The van der Waals surface area contributed by atoms with Crippen LogP contribution in [0.3, 0.4) is 0 Å². The summed E-state index contributed by atoms with van der Waals surface area (Å²) in [6, 6.07) is 7.04. The van der Waals surface area contributed by atoms with Crippen molar-refractivity contribution in [3.05, 3.63) is 29.8 Å². The van der Waals surface area contributed by atoms with Crippen molar-refractivity contribution in [2.75, 3.05) is 13.6 Å². The third-order valence-electron chi connectivity index (χ3n) is 3.65. The molecule has 1 aliphatic rings. The number of hydrogen-bond donors (Lipinski definition) is 2. The van der Waals surface area contributed by atoms with E-state index in [1.807, 2.05) is 19.2 Å². The SMILES string of the molecule is CNCc1ccc(S(=O)(=O)NCC2CCCC2)cc1. The second-order valence-electron chi connectivity index (χ2n) is 5.18. The van der Waals surface area contributed by atoms with E-state index in [1.54, 1.807) is 12.1 Å². The molecule has 4 nitrogen and oxygen atoms in total. The van der Waals surface area contributed by atoms with Crippen LogP contribution in [0.25, 0.3) is 0 Å². The molecule has 0 radical (unpaired) electrons. The lowest BCUT2D eigenvalue weighted by atomic mass is 10.1. The summed E-state index contributed by atoms with van der Waals surface area (Å²) in [4.78, 5) is 0.352. The first-order valence-electron chi connectivity index (χ1n) is 6.85. The average Bonchev–Trinajstić information content (AvgIpc) is 2.91. The van der Waals surface area contributed by atoms with Crippen LogP contribution in [0.4, 0.5) is 0 Å². The number of rotatable bonds is 6. The van der Waals surface area contributed by atoms with E-state index in [-0.39, 0.29) is 0 Å². The summed E-state index contributed by atoms with van der Waals surface area (Å²) >= 11 is 0. The molecule has 0 amide bonds. The zero-order valence-electron chi connectivity index (χ0n) is 11.4. The molecule has 1 saturated carbocycles. The van der Waals surface area contributed by atoms with E-state index >= 15 is 0 Å². The highest BCUT2D eigenvalue weighted by Gasteiger charge is 2.19. The number of sulfonamides is 1. The van der Waals surface area contributed by atoms with Gasteiger partial charge in [0.1, 0.15) is 0 Å². The topological polar surface area (TPSA) is 58.2 Å². The largest absolute Gasteiger partial charge is 0.316 e. The highest BCUT2D eigenvalue weighted by Crippen LogP contribution is 2.24. The monoisotopic (exact) mass is 282 g/mol. The van der Waals surface area contributed by atoms with Gasteiger partial charge in [0, 0.05) is 13.1 Å². The third kappa shape index (κ3) is 4.03. The summed E-state index contributed by atoms with van der Waals surface area (Å²) in [6.45, 7) is 1.32. The molecule has 0 saturated heterocycles. The molecule has 1 aromatic carbocycles. The van der Waals surface area contributed by atoms with Crippen molar-refractivity contribution < 1.29 is 8.42 Å². The molecular formula is C14H22N2O2S. The van der Waals surface area contributed by atoms with E-state index in [1.165, 1.54) is 12.8 Å². The smallest absolute Gasteiger partial charge is 0.240 e. The second kappa shape index (κ2) is 6.50. The first kappa shape index (κ1) is 14.5. The summed E-state index contributed by atoms with van der Waals surface area (Å²) < 4.78 is 27.0. The molecular weight excluding hydrogens is 260 g/mol. The van der Waals surface area contributed by atoms with Gasteiger partial charge in [0.25, 0.3) is 0 Å². The predicted octanol–water partition coefficient (Wildman–Crippen LogP) is 1.87. The maximum atomic E-state index is 12.1. The van der Waals surface area contributed by atoms with Gasteiger partial charge in [-0.3, -0.25) is 0 Å². The summed E-state index contributed by atoms with van der Waals surface area (Å²) in [6.07, 6.45) is 4.74. The molecule has 2 rings (SSSR count). The van der Waals surface area contributed by atoms with Gasteiger partial charge in [-0.25, -0.2) is 13.1 Å². The van der Waals surface area contributed by atoms with E-state index in [0.29, 0.717) is 17.4 Å². The summed E-state index contributed by atoms with van der Waals surface area (Å²) in [5, 5.41) is 3.04. The number of hydrogen-bond acceptors (Lipinski definition) is 3. The van der Waals surface area contributed by atoms with E-state index in [0.717, 1.165) is 24.9 Å². The molecule has 0 aliphatic heterocycles. The van der Waals surface area contributed by atoms with Crippen LogP contribution in [0.5, 0.6) is 0 Å². The van der Waals surface area contributed by atoms with Crippen molar-refractivity contribution in [1.82, 2.24) is 10.0 Å². The number of benzene rings is 1. The van der Waals surface area contributed by atoms with Crippen molar-refractivity contribution in [2.45, 2.75) is 37.1 Å². The Labute approximate surface area is 115 Å². The fourth-order valence-corrected chi connectivity index (χ4v) is 3.63. The minimum absolute atomic E-state index is 0.352. The molecule has 1 aromatic rings. The molecule has 1 aliphatic carbocycles. The van der Waals surface area contributed by atoms with Crippen LogP contribution >= 0.6 is 0 Å². The lowest BCUT2D eigenvalue weighted by Gasteiger charge is -2.11. The molecule has 5 heteroatoms. The van der Waals surface area contributed by atoms with Gasteiger partial charge in [-0.15, -0.1) is 0 Å². The Morgan fingerprint density at radius 2 is 1.79 bits per heavy atom. The Morgan fingerprint density at radius 3 is 2.37 bits per heavy atom. The van der Waals surface area contributed by atoms with Crippen LogP contribution < -0.4 is 10.0 Å². The molecule has 0 spiro atoms. The van der Waals surface area contributed by atoms with Gasteiger partial charge in [-0.05, 0) is 43.5 Å². The zero-order valence-corrected chi connectivity index (χ0v) is 12.2. The van der Waals surface area contributed by atoms with Gasteiger partial charge in [0.05, 0.1) is 4.90 Å². The fraction of sp³-hybridized carbons (Fsp3) is 0.571. The quantitative estimate of drug-likeness (QED) is 0.837. The van der Waals surface area contributed by atoms with Crippen molar-refractivity contribution in [3.63, 3.8) is 0 Å². The van der Waals surface area contributed by atoms with Gasteiger partial charge >= 0.3 is 0 Å². The molecule has 0 atom stereocenters. The molecule has 0 heterocycles. The predicted molar refractivity (Wildman–Crippen MR) is 76.4 cm³/mol. The van der Waals surface area contributed by atoms with Gasteiger partial charge in [-0.1, -0.05) is 25.0 Å². The van der Waals surface area contributed by atoms with Gasteiger partial charge in [0.2, 0.25) is 10.0 Å². The lowest BCUT2D eigenvalue weighted by Crippen LogP contribution is -2.28. The lowest BCUT2D eigenvalue weighted by molar-refractivity contribution is 0.519. The Kier molecular flexibility index (Phi) is 4.96. The standard InChI is InChI=1S/C14H22N2O2S/c1-15-10-13-6-8-14(9-7-13)19(17,18)16-11-12-4-2-3-5-12/h6-9,12,15-16H,2-5,10-11H2,1H3. The van der Waals surface area contributed by atoms with Crippen molar-refractivity contribution >= 4 is 10.0 Å². The average molecular weight is 282 g/mol. The molecule has 0 unspecified atom stereocenters. The van der Waals surface area contributed by atoms with Crippen LogP contribution in [-0.4, -0.2) is 22.0 Å². The van der Waals surface area contributed by atoms with Crippen LogP contribution in [0.15, 0.2) is 29.2 Å². The first-order chi connectivity index (χ1) is 9.12. The summed E-state index contributed by atoms with van der Waals surface area (Å²) in [7, 11) is -1.48. The van der Waals surface area contributed by atoms with Gasteiger partial charge in [-0.2, -0.15) is 0 Å². The number of nitrogens with one attached hydrogen (secondary N) is 2. The minimum atomic E-state index is -3.35. The van der Waals surface area contributed by atoms with E-state index in [4.69, 9.17) is 0 Å². The van der Waals surface area contributed by atoms with Crippen molar-refractivity contribution in [1.29, 1.82) is 0 Å². The summed E-state index contributed by atoms with van der Waals surface area (Å²) in [5.41, 5.74) is 1.08. The third-order valence-corrected chi connectivity index (χ3v) is 5.09. The van der Waals surface area contributed by atoms with E-state index in [2.05, 4.69) is 10.0 Å². The van der Waals surface area contributed by atoms with Crippen molar-refractivity contribution in [2.24, 2.45) is 5.92 Å². The fourth-order valence-electron chi connectivity index (χ4n) is 2.52. The highest BCUT2D eigenvalue weighted by molar-refractivity contribution is 7.89. The highest BCUT2D eigenvalue weighted by atomic mass is 32.2. The van der Waals surface area contributed by atoms with Crippen LogP contribution in [0.2, 0.25) is 0 Å². The van der Waals surface area contributed by atoms with Gasteiger partial charge < -0.3 is 5.32 Å².